The number of hydrogen-bond acceptors (Lipinski definition) is 3. The van der Waals surface area contributed by atoms with Crippen LogP contribution >= 0.6 is 0 Å². The molecule has 2 saturated heterocycles. The molecule has 0 aliphatic carbocycles. The molecule has 3 aliphatic heterocycles. The third-order valence-electron chi connectivity index (χ3n) is 2.36. The van der Waals surface area contributed by atoms with E-state index >= 15 is 0 Å². The zero-order chi connectivity index (χ0) is 9.90. The first kappa shape index (κ1) is 11.7. The van der Waals surface area contributed by atoms with Gasteiger partial charge in [-0.15, -0.1) is 0 Å². The van der Waals surface area contributed by atoms with Crippen molar-refractivity contribution in [2.45, 2.75) is 19.3 Å². The van der Waals surface area contributed by atoms with Gasteiger partial charge in [0.25, 0.3) is 0 Å². The summed E-state index contributed by atoms with van der Waals surface area (Å²) in [6.07, 6.45) is 8.42. The van der Waals surface area contributed by atoms with Gasteiger partial charge in [0.2, 0.25) is 0 Å². The molecule has 0 unspecified atom stereocenters. The normalized spacial score (nSPS) is 22.9. The maximum atomic E-state index is 3.22. The van der Waals surface area contributed by atoms with Gasteiger partial charge < -0.3 is 16.0 Å². The predicted octanol–water partition coefficient (Wildman–Crippen LogP) is 0.495. The zero-order valence-electron chi connectivity index (χ0n) is 9.02. The van der Waals surface area contributed by atoms with Gasteiger partial charge in [0.1, 0.15) is 0 Å². The minimum atomic E-state index is 1.07. The van der Waals surface area contributed by atoms with Crippen LogP contribution in [0, 0.1) is 0 Å². The van der Waals surface area contributed by atoms with Crippen molar-refractivity contribution in [3.63, 3.8) is 0 Å². The Morgan fingerprint density at radius 3 is 1.14 bits per heavy atom. The van der Waals surface area contributed by atoms with Crippen LogP contribution in [0.3, 0.4) is 0 Å². The van der Waals surface area contributed by atoms with Gasteiger partial charge in [-0.3, -0.25) is 0 Å². The highest BCUT2D eigenvalue weighted by Crippen LogP contribution is 1.90. The number of nitrogens with one attached hydrogen (secondary N) is 3. The van der Waals surface area contributed by atoms with Crippen LogP contribution in [-0.2, 0) is 0 Å². The fraction of sp³-hybridized carbons (Fsp3) is 0.818. The molecule has 0 bridgehead atoms. The Balaban J connectivity index is 0.000000106. The van der Waals surface area contributed by atoms with Crippen molar-refractivity contribution in [2.75, 3.05) is 39.3 Å². The summed E-state index contributed by atoms with van der Waals surface area (Å²) in [5.74, 6) is 0. The summed E-state index contributed by atoms with van der Waals surface area (Å²) in [5.41, 5.74) is 0. The Bertz CT molecular complexity index is 120. The highest BCUT2D eigenvalue weighted by molar-refractivity contribution is 4.92. The monoisotopic (exact) mass is 197 g/mol. The van der Waals surface area contributed by atoms with E-state index in [4.69, 9.17) is 0 Å². The lowest BCUT2D eigenvalue weighted by molar-refractivity contribution is 0.527. The molecule has 0 spiro atoms. The van der Waals surface area contributed by atoms with E-state index in [9.17, 15) is 0 Å². The number of hydrogen-bond donors (Lipinski definition) is 3. The zero-order valence-corrected chi connectivity index (χ0v) is 9.02. The average molecular weight is 197 g/mol. The highest BCUT2D eigenvalue weighted by atomic mass is 14.9. The molecule has 0 atom stereocenters. The van der Waals surface area contributed by atoms with Crippen molar-refractivity contribution in [3.05, 3.63) is 12.2 Å². The molecule has 0 saturated carbocycles. The van der Waals surface area contributed by atoms with Crippen LogP contribution in [0.1, 0.15) is 19.3 Å². The molecule has 0 radical (unpaired) electrons. The molecule has 3 N–H and O–H groups in total. The minimum absolute atomic E-state index is 1.07. The predicted molar refractivity (Wildman–Crippen MR) is 61.6 cm³/mol. The van der Waals surface area contributed by atoms with Crippen molar-refractivity contribution < 1.29 is 0 Å². The van der Waals surface area contributed by atoms with Crippen LogP contribution in [0.15, 0.2) is 12.2 Å². The summed E-state index contributed by atoms with van der Waals surface area (Å²) in [5, 5.41) is 9.44. The van der Waals surface area contributed by atoms with Gasteiger partial charge in [-0.05, 0) is 45.4 Å². The molecular weight excluding hydrogens is 174 g/mol. The van der Waals surface area contributed by atoms with Crippen molar-refractivity contribution in [3.8, 4) is 0 Å². The lowest BCUT2D eigenvalue weighted by Gasteiger charge is -2.09. The molecule has 2 fully saturated rings. The van der Waals surface area contributed by atoms with Gasteiger partial charge >= 0.3 is 0 Å². The first-order chi connectivity index (χ1) is 7.00. The third kappa shape index (κ3) is 7.06. The molecular formula is C11H23N3. The SMILES string of the molecule is C1=CCNC1.C1CCNC1.C1CNC1. The highest BCUT2D eigenvalue weighted by Gasteiger charge is 1.93. The van der Waals surface area contributed by atoms with Crippen molar-refractivity contribution >= 4 is 0 Å². The van der Waals surface area contributed by atoms with Crippen LogP contribution in [0.25, 0.3) is 0 Å². The first-order valence-electron chi connectivity index (χ1n) is 5.77. The molecule has 0 aromatic heterocycles. The maximum absolute atomic E-state index is 3.22. The fourth-order valence-corrected chi connectivity index (χ4v) is 1.22. The Hall–Kier alpha value is -0.380. The summed E-state index contributed by atoms with van der Waals surface area (Å²) >= 11 is 0. The van der Waals surface area contributed by atoms with Crippen molar-refractivity contribution in [1.82, 2.24) is 16.0 Å². The van der Waals surface area contributed by atoms with E-state index in [1.165, 1.54) is 45.4 Å². The molecule has 14 heavy (non-hydrogen) atoms. The second kappa shape index (κ2) is 9.19. The van der Waals surface area contributed by atoms with Gasteiger partial charge in [-0.2, -0.15) is 0 Å². The molecule has 82 valence electrons. The number of rotatable bonds is 0. The van der Waals surface area contributed by atoms with E-state index in [0.717, 1.165) is 13.1 Å². The molecule has 3 heteroatoms. The second-order valence-corrected chi connectivity index (χ2v) is 3.69. The van der Waals surface area contributed by atoms with E-state index in [1.54, 1.807) is 0 Å². The topological polar surface area (TPSA) is 36.1 Å². The lowest BCUT2D eigenvalue weighted by Crippen LogP contribution is -2.29. The fourth-order valence-electron chi connectivity index (χ4n) is 1.22. The average Bonchev–Trinajstić information content (AvgIpc) is 2.81. The molecule has 0 aromatic carbocycles. The molecule has 3 aliphatic rings. The van der Waals surface area contributed by atoms with E-state index in [1.807, 2.05) is 0 Å². The largest absolute Gasteiger partial charge is 0.317 e. The quantitative estimate of drug-likeness (QED) is 0.495. The first-order valence-corrected chi connectivity index (χ1v) is 5.77. The van der Waals surface area contributed by atoms with Crippen LogP contribution in [-0.4, -0.2) is 39.3 Å². The van der Waals surface area contributed by atoms with E-state index in [-0.39, 0.29) is 0 Å². The molecule has 0 aromatic rings. The van der Waals surface area contributed by atoms with Crippen molar-refractivity contribution in [1.29, 1.82) is 0 Å². The Morgan fingerprint density at radius 1 is 0.571 bits per heavy atom. The minimum Gasteiger partial charge on any atom is -0.317 e. The van der Waals surface area contributed by atoms with Crippen LogP contribution < -0.4 is 16.0 Å². The van der Waals surface area contributed by atoms with Gasteiger partial charge in [0.05, 0.1) is 0 Å². The third-order valence-corrected chi connectivity index (χ3v) is 2.36. The van der Waals surface area contributed by atoms with Gasteiger partial charge in [0.15, 0.2) is 0 Å². The van der Waals surface area contributed by atoms with E-state index in [2.05, 4.69) is 28.1 Å². The molecule has 3 rings (SSSR count). The van der Waals surface area contributed by atoms with Gasteiger partial charge in [-0.1, -0.05) is 12.2 Å². The van der Waals surface area contributed by atoms with Crippen LogP contribution in [0.2, 0.25) is 0 Å². The lowest BCUT2D eigenvalue weighted by atomic mass is 10.3. The smallest absolute Gasteiger partial charge is 0.0138 e. The van der Waals surface area contributed by atoms with Gasteiger partial charge in [-0.25, -0.2) is 0 Å². The Labute approximate surface area is 87.3 Å². The summed E-state index contributed by atoms with van der Waals surface area (Å²) in [6, 6.07) is 0. The summed E-state index contributed by atoms with van der Waals surface area (Å²) < 4.78 is 0. The molecule has 0 amide bonds. The molecule has 3 heterocycles. The Morgan fingerprint density at radius 2 is 1.00 bits per heavy atom. The summed E-state index contributed by atoms with van der Waals surface area (Å²) in [6.45, 7) is 7.14. The van der Waals surface area contributed by atoms with E-state index in [0.29, 0.717) is 0 Å². The second-order valence-electron chi connectivity index (χ2n) is 3.69. The van der Waals surface area contributed by atoms with E-state index < -0.39 is 0 Å². The molecule has 3 nitrogen and oxygen atoms in total. The van der Waals surface area contributed by atoms with Crippen LogP contribution in [0.5, 0.6) is 0 Å². The van der Waals surface area contributed by atoms with Crippen LogP contribution in [0.4, 0.5) is 0 Å². The van der Waals surface area contributed by atoms with Crippen molar-refractivity contribution in [2.24, 2.45) is 0 Å². The van der Waals surface area contributed by atoms with Gasteiger partial charge in [0, 0.05) is 13.1 Å². The summed E-state index contributed by atoms with van der Waals surface area (Å²) in [4.78, 5) is 0. The standard InChI is InChI=1S/C4H9N.C4H7N.C3H7N/c2*1-2-4-5-3-1;1-2-4-3-1/h5H,1-4H2;1-2,5H,3-4H2;4H,1-3H2. The Kier molecular flexibility index (Phi) is 7.67. The maximum Gasteiger partial charge on any atom is 0.0138 e. The summed E-state index contributed by atoms with van der Waals surface area (Å²) in [7, 11) is 0.